The number of hydroxylamine groups is 1. The van der Waals surface area contributed by atoms with E-state index in [1.54, 1.807) is 18.5 Å². The Morgan fingerprint density at radius 1 is 1.92 bits per heavy atom. The molecule has 1 heterocycles. The number of thiocarbonyl (C=S) groups is 1. The number of imidazole rings is 1. The molecule has 0 aliphatic rings. The van der Waals surface area contributed by atoms with E-state index in [0.29, 0.717) is 17.4 Å². The lowest BCUT2D eigenvalue weighted by molar-refractivity contribution is 0.113. The first kappa shape index (κ1) is 8.89. The Morgan fingerprint density at radius 3 is 3.33 bits per heavy atom. The minimum absolute atomic E-state index is 0.404. The molecule has 0 unspecified atom stereocenters. The molecule has 0 aromatic carbocycles. The van der Waals surface area contributed by atoms with Crippen LogP contribution in [0, 0.1) is 0 Å². The van der Waals surface area contributed by atoms with Crippen LogP contribution < -0.4 is 5.48 Å². The number of nitrogens with zero attached hydrogens (tertiary/aromatic N) is 1. The molecule has 64 valence electrons. The van der Waals surface area contributed by atoms with Crippen LogP contribution in [0.25, 0.3) is 0 Å². The van der Waals surface area contributed by atoms with Gasteiger partial charge in [0.25, 0.3) is 0 Å². The van der Waals surface area contributed by atoms with E-state index >= 15 is 0 Å². The second-order valence-corrected chi connectivity index (χ2v) is 2.38. The lowest BCUT2D eigenvalue weighted by atomic mass is 10.6. The lowest BCUT2D eigenvalue weighted by Gasteiger charge is -2.02. The van der Waals surface area contributed by atoms with E-state index in [0.717, 1.165) is 0 Å². The predicted molar refractivity (Wildman–Crippen MR) is 49.6 cm³/mol. The molecule has 0 saturated carbocycles. The second-order valence-electron chi connectivity index (χ2n) is 1.97. The van der Waals surface area contributed by atoms with E-state index in [2.05, 4.69) is 22.0 Å². The Labute approximate surface area is 75.6 Å². The van der Waals surface area contributed by atoms with E-state index in [9.17, 15) is 0 Å². The highest BCUT2D eigenvalue weighted by Gasteiger charge is 2.00. The van der Waals surface area contributed by atoms with Gasteiger partial charge in [0.1, 0.15) is 0 Å². The van der Waals surface area contributed by atoms with E-state index in [4.69, 9.17) is 17.1 Å². The first-order chi connectivity index (χ1) is 5.84. The minimum atomic E-state index is 0.404. The number of aromatic amines is 1. The second kappa shape index (κ2) is 4.63. The highest BCUT2D eigenvalue weighted by molar-refractivity contribution is 7.80. The third kappa shape index (κ3) is 2.44. The maximum atomic E-state index is 4.92. The van der Waals surface area contributed by atoms with Gasteiger partial charge in [-0.3, -0.25) is 10.3 Å². The van der Waals surface area contributed by atoms with Crippen LogP contribution in [-0.4, -0.2) is 21.6 Å². The van der Waals surface area contributed by atoms with Gasteiger partial charge in [-0.25, -0.2) is 4.98 Å². The van der Waals surface area contributed by atoms with Gasteiger partial charge in [-0.15, -0.1) is 6.58 Å². The van der Waals surface area contributed by atoms with Gasteiger partial charge in [-0.1, -0.05) is 18.3 Å². The smallest absolute Gasteiger partial charge is 0.167 e. The third-order valence-electron chi connectivity index (χ3n) is 1.08. The Kier molecular flexibility index (Phi) is 3.43. The van der Waals surface area contributed by atoms with E-state index in [1.165, 1.54) is 0 Å². The first-order valence-electron chi connectivity index (χ1n) is 3.37. The highest BCUT2D eigenvalue weighted by atomic mass is 32.1. The Hall–Kier alpha value is -1.20. The summed E-state index contributed by atoms with van der Waals surface area (Å²) in [5.74, 6) is 0.592. The topological polar surface area (TPSA) is 49.9 Å². The van der Waals surface area contributed by atoms with Crippen LogP contribution in [-0.2, 0) is 4.84 Å². The molecular formula is C7H9N3OS. The summed E-state index contributed by atoms with van der Waals surface area (Å²) in [6.07, 6.45) is 4.94. The maximum Gasteiger partial charge on any atom is 0.167 e. The zero-order chi connectivity index (χ0) is 8.81. The number of rotatable bonds is 4. The Balaban J connectivity index is 2.34. The van der Waals surface area contributed by atoms with Gasteiger partial charge in [0.15, 0.2) is 10.8 Å². The van der Waals surface area contributed by atoms with E-state index in [-0.39, 0.29) is 0 Å². The number of H-pyrrole nitrogens is 1. The summed E-state index contributed by atoms with van der Waals surface area (Å²) in [5, 5.41) is 0. The van der Waals surface area contributed by atoms with Crippen molar-refractivity contribution in [1.82, 2.24) is 15.4 Å². The van der Waals surface area contributed by atoms with Crippen LogP contribution in [0.1, 0.15) is 5.82 Å². The van der Waals surface area contributed by atoms with Crippen molar-refractivity contribution in [3.63, 3.8) is 0 Å². The molecule has 0 fully saturated rings. The van der Waals surface area contributed by atoms with Crippen molar-refractivity contribution in [1.29, 1.82) is 0 Å². The predicted octanol–water partition coefficient (Wildman–Crippen LogP) is 0.792. The molecule has 0 aliphatic carbocycles. The van der Waals surface area contributed by atoms with Gasteiger partial charge >= 0.3 is 0 Å². The van der Waals surface area contributed by atoms with Crippen LogP contribution in [0.5, 0.6) is 0 Å². The Bertz CT molecular complexity index is 258. The molecule has 0 amide bonds. The fraction of sp³-hybridized carbons (Fsp3) is 0.143. The molecule has 4 nitrogen and oxygen atoms in total. The van der Waals surface area contributed by atoms with Gasteiger partial charge in [-0.05, 0) is 0 Å². The molecule has 0 saturated heterocycles. The first-order valence-corrected chi connectivity index (χ1v) is 3.78. The molecule has 0 spiro atoms. The van der Waals surface area contributed by atoms with Gasteiger partial charge in [0.05, 0.1) is 6.61 Å². The molecule has 2 N–H and O–H groups in total. The summed E-state index contributed by atoms with van der Waals surface area (Å²) >= 11 is 4.92. The fourth-order valence-corrected chi connectivity index (χ4v) is 0.774. The monoisotopic (exact) mass is 183 g/mol. The SMILES string of the molecule is C=CCONC(=S)c1ncc[nH]1. The van der Waals surface area contributed by atoms with Gasteiger partial charge in [-0.2, -0.15) is 0 Å². The van der Waals surface area contributed by atoms with Gasteiger partial charge in [0, 0.05) is 12.4 Å². The summed E-state index contributed by atoms with van der Waals surface area (Å²) in [6, 6.07) is 0. The average molecular weight is 183 g/mol. The van der Waals surface area contributed by atoms with Crippen molar-refractivity contribution in [3.05, 3.63) is 30.9 Å². The van der Waals surface area contributed by atoms with Crippen LogP contribution in [0.4, 0.5) is 0 Å². The molecule has 0 atom stereocenters. The molecular weight excluding hydrogens is 174 g/mol. The van der Waals surface area contributed by atoms with Crippen LogP contribution in [0.3, 0.4) is 0 Å². The quantitative estimate of drug-likeness (QED) is 0.313. The molecule has 1 aromatic heterocycles. The molecule has 12 heavy (non-hydrogen) atoms. The van der Waals surface area contributed by atoms with E-state index < -0.39 is 0 Å². The summed E-state index contributed by atoms with van der Waals surface area (Å²) in [7, 11) is 0. The van der Waals surface area contributed by atoms with Crippen LogP contribution in [0.2, 0.25) is 0 Å². The van der Waals surface area contributed by atoms with Crippen molar-refractivity contribution in [2.45, 2.75) is 0 Å². The molecule has 0 bridgehead atoms. The highest BCUT2D eigenvalue weighted by Crippen LogP contribution is 1.89. The molecule has 0 aliphatic heterocycles. The number of hydrogen-bond donors (Lipinski definition) is 2. The fourth-order valence-electron chi connectivity index (χ4n) is 0.604. The number of aromatic nitrogens is 2. The van der Waals surface area contributed by atoms with Gasteiger partial charge < -0.3 is 4.98 Å². The number of nitrogens with one attached hydrogen (secondary N) is 2. The zero-order valence-corrected chi connectivity index (χ0v) is 7.23. The van der Waals surface area contributed by atoms with Crippen molar-refractivity contribution < 1.29 is 4.84 Å². The van der Waals surface area contributed by atoms with Crippen molar-refractivity contribution in [2.75, 3.05) is 6.61 Å². The summed E-state index contributed by atoms with van der Waals surface area (Å²) in [5.41, 5.74) is 2.55. The normalized spacial score (nSPS) is 9.33. The zero-order valence-electron chi connectivity index (χ0n) is 6.41. The van der Waals surface area contributed by atoms with Crippen LogP contribution >= 0.6 is 12.2 Å². The summed E-state index contributed by atoms with van der Waals surface area (Å²) in [6.45, 7) is 3.89. The van der Waals surface area contributed by atoms with Crippen molar-refractivity contribution >= 4 is 17.2 Å². The summed E-state index contributed by atoms with van der Waals surface area (Å²) < 4.78 is 0. The third-order valence-corrected chi connectivity index (χ3v) is 1.36. The van der Waals surface area contributed by atoms with Crippen LogP contribution in [0.15, 0.2) is 25.0 Å². The lowest BCUT2D eigenvalue weighted by Crippen LogP contribution is -2.23. The van der Waals surface area contributed by atoms with Crippen molar-refractivity contribution in [2.24, 2.45) is 0 Å². The maximum absolute atomic E-state index is 4.92. The molecule has 1 aromatic rings. The standard InChI is InChI=1S/C7H9N3OS/c1-2-5-11-10-7(12)6-8-3-4-9-6/h2-4H,1,5H2,(H,8,9)(H,10,12). The summed E-state index contributed by atoms with van der Waals surface area (Å²) in [4.78, 5) is 12.1. The Morgan fingerprint density at radius 2 is 2.75 bits per heavy atom. The largest absolute Gasteiger partial charge is 0.343 e. The van der Waals surface area contributed by atoms with Crippen molar-refractivity contribution in [3.8, 4) is 0 Å². The molecule has 1 rings (SSSR count). The average Bonchev–Trinajstić information content (AvgIpc) is 2.56. The number of hydrogen-bond acceptors (Lipinski definition) is 3. The molecule has 5 heteroatoms. The van der Waals surface area contributed by atoms with Gasteiger partial charge in [0.2, 0.25) is 0 Å². The minimum Gasteiger partial charge on any atom is -0.343 e. The molecule has 0 radical (unpaired) electrons. The van der Waals surface area contributed by atoms with E-state index in [1.807, 2.05) is 0 Å².